The molecule has 0 saturated carbocycles. The Morgan fingerprint density at radius 2 is 1.96 bits per heavy atom. The number of halogens is 1. The summed E-state index contributed by atoms with van der Waals surface area (Å²) in [6, 6.07) is 0.209. The van der Waals surface area contributed by atoms with Gasteiger partial charge in [-0.2, -0.15) is 15.0 Å². The molecule has 0 spiro atoms. The van der Waals surface area contributed by atoms with E-state index < -0.39 is 5.91 Å². The van der Waals surface area contributed by atoms with E-state index in [1.807, 2.05) is 7.05 Å². The molecule has 1 aliphatic rings. The zero-order valence-corrected chi connectivity index (χ0v) is 17.9. The van der Waals surface area contributed by atoms with Gasteiger partial charge in [-0.25, -0.2) is 3.11 Å². The molecule has 11 nitrogen and oxygen atoms in total. The van der Waals surface area contributed by atoms with E-state index in [0.717, 1.165) is 32.7 Å². The molecule has 1 aromatic heterocycles. The molecule has 1 aliphatic heterocycles. The zero-order valence-electron chi connectivity index (χ0n) is 15.7. The van der Waals surface area contributed by atoms with Crippen LogP contribution in [0.3, 0.4) is 0 Å². The molecule has 1 saturated heterocycles. The Morgan fingerprint density at radius 1 is 1.22 bits per heavy atom. The molecule has 0 atom stereocenters. The second kappa shape index (κ2) is 11.4. The highest BCUT2D eigenvalue weighted by Crippen LogP contribution is 2.19. The van der Waals surface area contributed by atoms with E-state index in [9.17, 15) is 4.79 Å². The van der Waals surface area contributed by atoms with Crippen molar-refractivity contribution in [3.8, 4) is 6.01 Å². The summed E-state index contributed by atoms with van der Waals surface area (Å²) in [4.78, 5) is 28.1. The van der Waals surface area contributed by atoms with E-state index in [2.05, 4.69) is 51.1 Å². The van der Waals surface area contributed by atoms with Crippen LogP contribution >= 0.6 is 22.9 Å². The average Bonchev–Trinajstić information content (AvgIpc) is 2.64. The molecule has 3 N–H and O–H groups in total. The molecule has 0 radical (unpaired) electrons. The van der Waals surface area contributed by atoms with Crippen LogP contribution in [-0.4, -0.2) is 97.2 Å². The molecular formula is C15H27IN8O3. The Labute approximate surface area is 173 Å². The molecule has 12 heteroatoms. The Bertz CT molecular complexity index is 600. The smallest absolute Gasteiger partial charge is 0.323 e. The van der Waals surface area contributed by atoms with Crippen LogP contribution in [0.4, 0.5) is 11.9 Å². The monoisotopic (exact) mass is 494 g/mol. The quantitative estimate of drug-likeness (QED) is 0.222. The number of aromatic nitrogens is 3. The summed E-state index contributed by atoms with van der Waals surface area (Å²) in [6.07, 6.45) is 0. The van der Waals surface area contributed by atoms with Crippen molar-refractivity contribution in [2.45, 2.75) is 0 Å². The molecule has 2 heterocycles. The number of nitrogens with zero attached hydrogens (tertiary/aromatic N) is 6. The van der Waals surface area contributed by atoms with Gasteiger partial charge in [0.1, 0.15) is 6.61 Å². The number of amides is 1. The number of ether oxygens (including phenoxy) is 2. The van der Waals surface area contributed by atoms with Crippen molar-refractivity contribution in [3.63, 3.8) is 0 Å². The van der Waals surface area contributed by atoms with Crippen LogP contribution in [0.1, 0.15) is 0 Å². The first kappa shape index (κ1) is 21.8. The first-order valence-electron chi connectivity index (χ1n) is 8.76. The van der Waals surface area contributed by atoms with Crippen LogP contribution < -0.4 is 25.6 Å². The molecule has 0 aromatic carbocycles. The maximum Gasteiger partial charge on any atom is 0.323 e. The van der Waals surface area contributed by atoms with E-state index in [1.54, 1.807) is 11.9 Å². The Balaban J connectivity index is 2.06. The normalized spacial score (nSPS) is 15.0. The summed E-state index contributed by atoms with van der Waals surface area (Å²) in [5.41, 5.74) is 5.28. The number of primary amides is 1. The van der Waals surface area contributed by atoms with Crippen molar-refractivity contribution in [1.29, 1.82) is 0 Å². The van der Waals surface area contributed by atoms with Gasteiger partial charge in [-0.05, 0) is 7.05 Å². The van der Waals surface area contributed by atoms with Crippen molar-refractivity contribution in [2.24, 2.45) is 5.73 Å². The van der Waals surface area contributed by atoms with Gasteiger partial charge in [0.2, 0.25) is 17.8 Å². The highest BCUT2D eigenvalue weighted by molar-refractivity contribution is 14.1. The van der Waals surface area contributed by atoms with Crippen molar-refractivity contribution < 1.29 is 14.3 Å². The van der Waals surface area contributed by atoms with Gasteiger partial charge in [0.25, 0.3) is 0 Å². The van der Waals surface area contributed by atoms with E-state index in [0.29, 0.717) is 31.7 Å². The highest BCUT2D eigenvalue weighted by Gasteiger charge is 2.21. The first-order chi connectivity index (χ1) is 13.0. The third-order valence-corrected chi connectivity index (χ3v) is 4.75. The lowest BCUT2D eigenvalue weighted by Gasteiger charge is -2.31. The van der Waals surface area contributed by atoms with Gasteiger partial charge in [-0.3, -0.25) is 4.79 Å². The van der Waals surface area contributed by atoms with E-state index in [-0.39, 0.29) is 12.6 Å². The molecule has 1 aromatic rings. The number of carbonyl (C=O) groups excluding carboxylic acids is 1. The maximum absolute atomic E-state index is 11.2. The molecule has 0 unspecified atom stereocenters. The van der Waals surface area contributed by atoms with Crippen molar-refractivity contribution in [2.75, 3.05) is 83.0 Å². The highest BCUT2D eigenvalue weighted by atomic mass is 127. The standard InChI is InChI=1S/C15H27IN8O3/c1-18-3-8-26-9-10-27-15-20-13(22(2)11-12(17)25)19-14(21-15)23-4-6-24(16)7-5-23/h18H,3-11H2,1-2H3,(H2,17,25). The van der Waals surface area contributed by atoms with Gasteiger partial charge in [-0.15, -0.1) is 0 Å². The van der Waals surface area contributed by atoms with Gasteiger partial charge in [0.15, 0.2) is 0 Å². The van der Waals surface area contributed by atoms with Crippen molar-refractivity contribution in [1.82, 2.24) is 23.4 Å². The number of hydrogen-bond donors (Lipinski definition) is 2. The number of nitrogens with one attached hydrogen (secondary N) is 1. The average molecular weight is 494 g/mol. The fraction of sp³-hybridized carbons (Fsp3) is 0.733. The minimum Gasteiger partial charge on any atom is -0.461 e. The van der Waals surface area contributed by atoms with Crippen LogP contribution in [0.5, 0.6) is 6.01 Å². The topological polar surface area (TPSA) is 122 Å². The molecule has 1 amide bonds. The number of carbonyl (C=O) groups is 1. The van der Waals surface area contributed by atoms with Gasteiger partial charge in [-0.1, -0.05) is 0 Å². The van der Waals surface area contributed by atoms with Crippen LogP contribution in [-0.2, 0) is 9.53 Å². The number of piperazine rings is 1. The SMILES string of the molecule is CNCCOCCOc1nc(N(C)CC(N)=O)nc(N2CCN(I)CC2)n1. The second-order valence-corrected chi connectivity index (χ2v) is 7.37. The Kier molecular flexibility index (Phi) is 9.17. The molecule has 1 fully saturated rings. The summed E-state index contributed by atoms with van der Waals surface area (Å²) in [5, 5.41) is 3.01. The summed E-state index contributed by atoms with van der Waals surface area (Å²) < 4.78 is 13.3. The lowest BCUT2D eigenvalue weighted by molar-refractivity contribution is -0.116. The molecule has 27 heavy (non-hydrogen) atoms. The third kappa shape index (κ3) is 7.56. The van der Waals surface area contributed by atoms with Crippen molar-refractivity contribution in [3.05, 3.63) is 0 Å². The summed E-state index contributed by atoms with van der Waals surface area (Å²) in [7, 11) is 3.57. The number of hydrogen-bond acceptors (Lipinski definition) is 10. The lowest BCUT2D eigenvalue weighted by atomic mass is 10.4. The van der Waals surface area contributed by atoms with Crippen LogP contribution in [0, 0.1) is 0 Å². The summed E-state index contributed by atoms with van der Waals surface area (Å²) >= 11 is 2.31. The maximum atomic E-state index is 11.2. The van der Waals surface area contributed by atoms with Crippen LogP contribution in [0.25, 0.3) is 0 Å². The number of anilines is 2. The molecule has 0 bridgehead atoms. The van der Waals surface area contributed by atoms with E-state index in [1.165, 1.54) is 0 Å². The van der Waals surface area contributed by atoms with Gasteiger partial charge in [0, 0.05) is 62.6 Å². The van der Waals surface area contributed by atoms with Gasteiger partial charge in [0.05, 0.1) is 19.8 Å². The summed E-state index contributed by atoms with van der Waals surface area (Å²) in [6.45, 7) is 5.59. The number of likely N-dealkylation sites (N-methyl/N-ethyl adjacent to an activating group) is 2. The third-order valence-electron chi connectivity index (χ3n) is 3.79. The Morgan fingerprint density at radius 3 is 2.63 bits per heavy atom. The molecule has 152 valence electrons. The molecule has 2 rings (SSSR count). The predicted octanol–water partition coefficient (Wildman–Crippen LogP) is -1.12. The van der Waals surface area contributed by atoms with Gasteiger partial charge >= 0.3 is 6.01 Å². The first-order valence-corrected chi connectivity index (χ1v) is 9.72. The minimum atomic E-state index is -0.460. The number of nitrogens with two attached hydrogens (primary N) is 1. The minimum absolute atomic E-state index is 0.0115. The zero-order chi connectivity index (χ0) is 19.6. The van der Waals surface area contributed by atoms with Crippen LogP contribution in [0.2, 0.25) is 0 Å². The fourth-order valence-corrected chi connectivity index (χ4v) is 2.80. The van der Waals surface area contributed by atoms with E-state index >= 15 is 0 Å². The molecule has 0 aliphatic carbocycles. The second-order valence-electron chi connectivity index (χ2n) is 6.00. The lowest BCUT2D eigenvalue weighted by Crippen LogP contribution is -2.43. The van der Waals surface area contributed by atoms with Gasteiger partial charge < -0.3 is 30.3 Å². The number of rotatable bonds is 11. The predicted molar refractivity (Wildman–Crippen MR) is 110 cm³/mol. The largest absolute Gasteiger partial charge is 0.461 e. The fourth-order valence-electron chi connectivity index (χ4n) is 2.37. The molecular weight excluding hydrogens is 467 g/mol. The van der Waals surface area contributed by atoms with Crippen LogP contribution in [0.15, 0.2) is 0 Å². The van der Waals surface area contributed by atoms with Crippen molar-refractivity contribution >= 4 is 40.7 Å². The summed E-state index contributed by atoms with van der Waals surface area (Å²) in [5.74, 6) is 0.423. The van der Waals surface area contributed by atoms with E-state index in [4.69, 9.17) is 15.2 Å². The Hall–Kier alpha value is -1.51.